The normalized spacial score (nSPS) is 24.1. The highest BCUT2D eigenvalue weighted by atomic mass is 16.5. The molecule has 2 atom stereocenters. The first kappa shape index (κ1) is 12.5. The van der Waals surface area contributed by atoms with E-state index in [0.29, 0.717) is 6.42 Å². The number of nitrogens with zero attached hydrogens (tertiary/aromatic N) is 1. The van der Waals surface area contributed by atoms with Crippen molar-refractivity contribution in [1.82, 2.24) is 10.2 Å². The van der Waals surface area contributed by atoms with Crippen molar-refractivity contribution in [3.05, 3.63) is 0 Å². The zero-order chi connectivity index (χ0) is 12.3. The van der Waals surface area contributed by atoms with Gasteiger partial charge in [-0.25, -0.2) is 0 Å². The first-order chi connectivity index (χ1) is 7.45. The lowest BCUT2D eigenvalue weighted by atomic mass is 10.2. The van der Waals surface area contributed by atoms with Gasteiger partial charge in [0.05, 0.1) is 6.54 Å². The molecule has 0 bridgehead atoms. The summed E-state index contributed by atoms with van der Waals surface area (Å²) in [7, 11) is 1.51. The summed E-state index contributed by atoms with van der Waals surface area (Å²) in [4.78, 5) is 35.0. The fraction of sp³-hybridized carbons (Fsp3) is 0.700. The van der Waals surface area contributed by atoms with Crippen LogP contribution >= 0.6 is 0 Å². The molecule has 6 nitrogen and oxygen atoms in total. The lowest BCUT2D eigenvalue weighted by Crippen LogP contribution is -2.44. The Morgan fingerprint density at radius 1 is 1.31 bits per heavy atom. The molecule has 0 unspecified atom stereocenters. The van der Waals surface area contributed by atoms with E-state index in [2.05, 4.69) is 5.32 Å². The van der Waals surface area contributed by atoms with Gasteiger partial charge in [0, 0.05) is 27.3 Å². The quantitative estimate of drug-likeness (QED) is 0.633. The minimum atomic E-state index is -0.535. The largest absolute Gasteiger partial charge is 0.461 e. The fourth-order valence-corrected chi connectivity index (χ4v) is 1.88. The van der Waals surface area contributed by atoms with Gasteiger partial charge in [-0.3, -0.25) is 14.4 Å². The molecule has 0 aromatic rings. The van der Waals surface area contributed by atoms with Crippen molar-refractivity contribution in [1.29, 1.82) is 0 Å². The van der Waals surface area contributed by atoms with Crippen LogP contribution in [0, 0.1) is 0 Å². The molecule has 0 radical (unpaired) electrons. The summed E-state index contributed by atoms with van der Waals surface area (Å²) in [6.07, 6.45) is -0.0255. The number of ether oxygens (including phenoxy) is 1. The SMILES string of the molecule is CNC(=O)[C@@H]1C[C@@H](OC(C)=O)CN1C(C)=O. The van der Waals surface area contributed by atoms with Crippen molar-refractivity contribution in [2.45, 2.75) is 32.4 Å². The van der Waals surface area contributed by atoms with E-state index < -0.39 is 12.0 Å². The van der Waals surface area contributed by atoms with Gasteiger partial charge in [0.2, 0.25) is 11.8 Å². The van der Waals surface area contributed by atoms with Gasteiger partial charge in [0.1, 0.15) is 12.1 Å². The van der Waals surface area contributed by atoms with E-state index in [1.165, 1.54) is 25.8 Å². The summed E-state index contributed by atoms with van der Waals surface area (Å²) in [6.45, 7) is 2.99. The van der Waals surface area contributed by atoms with Crippen molar-refractivity contribution in [3.63, 3.8) is 0 Å². The summed E-state index contributed by atoms with van der Waals surface area (Å²) in [5, 5.41) is 2.49. The lowest BCUT2D eigenvalue weighted by molar-refractivity contribution is -0.146. The molecule has 16 heavy (non-hydrogen) atoms. The predicted molar refractivity (Wildman–Crippen MR) is 55.4 cm³/mol. The van der Waals surface area contributed by atoms with Crippen molar-refractivity contribution in [2.75, 3.05) is 13.6 Å². The third-order valence-corrected chi connectivity index (χ3v) is 2.55. The highest BCUT2D eigenvalue weighted by molar-refractivity contribution is 5.87. The van der Waals surface area contributed by atoms with E-state index >= 15 is 0 Å². The van der Waals surface area contributed by atoms with Crippen LogP contribution in [0.4, 0.5) is 0 Å². The van der Waals surface area contributed by atoms with Crippen LogP contribution in [0.1, 0.15) is 20.3 Å². The molecule has 1 aliphatic rings. The molecule has 2 amide bonds. The predicted octanol–water partition coefficient (Wildman–Crippen LogP) is -0.715. The highest BCUT2D eigenvalue weighted by Crippen LogP contribution is 2.20. The number of esters is 1. The molecule has 0 aromatic carbocycles. The van der Waals surface area contributed by atoms with Gasteiger partial charge >= 0.3 is 5.97 Å². The number of carbonyl (C=O) groups excluding carboxylic acids is 3. The average Bonchev–Trinajstić information content (AvgIpc) is 2.59. The fourth-order valence-electron chi connectivity index (χ4n) is 1.88. The van der Waals surface area contributed by atoms with Crippen LogP contribution in [0.15, 0.2) is 0 Å². The van der Waals surface area contributed by atoms with E-state index in [1.54, 1.807) is 0 Å². The van der Waals surface area contributed by atoms with Crippen molar-refractivity contribution < 1.29 is 19.1 Å². The van der Waals surface area contributed by atoms with Crippen LogP contribution < -0.4 is 5.32 Å². The van der Waals surface area contributed by atoms with Crippen LogP contribution in [0.3, 0.4) is 0 Å². The molecular weight excluding hydrogens is 212 g/mol. The molecule has 90 valence electrons. The molecule has 1 aliphatic heterocycles. The highest BCUT2D eigenvalue weighted by Gasteiger charge is 2.39. The summed E-state index contributed by atoms with van der Waals surface area (Å²) in [5.74, 6) is -0.820. The van der Waals surface area contributed by atoms with Gasteiger partial charge in [-0.05, 0) is 0 Å². The lowest BCUT2D eigenvalue weighted by Gasteiger charge is -2.20. The van der Waals surface area contributed by atoms with E-state index in [-0.39, 0.29) is 24.5 Å². The number of nitrogens with one attached hydrogen (secondary N) is 1. The maximum Gasteiger partial charge on any atom is 0.302 e. The van der Waals surface area contributed by atoms with Crippen LogP contribution in [-0.2, 0) is 19.1 Å². The summed E-state index contributed by atoms with van der Waals surface area (Å²) in [5.41, 5.74) is 0. The zero-order valence-corrected chi connectivity index (χ0v) is 9.65. The van der Waals surface area contributed by atoms with Crippen LogP contribution in [0.5, 0.6) is 0 Å². The zero-order valence-electron chi connectivity index (χ0n) is 9.65. The van der Waals surface area contributed by atoms with Gasteiger partial charge in [-0.2, -0.15) is 0 Å². The third-order valence-electron chi connectivity index (χ3n) is 2.55. The van der Waals surface area contributed by atoms with Crippen LogP contribution in [-0.4, -0.2) is 48.4 Å². The molecule has 6 heteroatoms. The monoisotopic (exact) mass is 228 g/mol. The average molecular weight is 228 g/mol. The smallest absolute Gasteiger partial charge is 0.302 e. The second kappa shape index (κ2) is 4.96. The standard InChI is InChI=1S/C10H16N2O4/c1-6(13)12-5-8(16-7(2)14)4-9(12)10(15)11-3/h8-9H,4-5H2,1-3H3,(H,11,15)/t8-,9+/m1/s1. The number of carbonyl (C=O) groups is 3. The van der Waals surface area contributed by atoms with Gasteiger partial charge in [0.15, 0.2) is 0 Å². The Morgan fingerprint density at radius 3 is 2.38 bits per heavy atom. The number of hydrogen-bond donors (Lipinski definition) is 1. The molecule has 1 N–H and O–H groups in total. The molecular formula is C10H16N2O4. The third kappa shape index (κ3) is 2.71. The van der Waals surface area contributed by atoms with Crippen LogP contribution in [0.25, 0.3) is 0 Å². The summed E-state index contributed by atoms with van der Waals surface area (Å²) < 4.78 is 5.00. The topological polar surface area (TPSA) is 75.7 Å². The van der Waals surface area contributed by atoms with E-state index in [1.807, 2.05) is 0 Å². The number of likely N-dealkylation sites (N-methyl/N-ethyl adjacent to an activating group) is 1. The van der Waals surface area contributed by atoms with Crippen molar-refractivity contribution in [2.24, 2.45) is 0 Å². The van der Waals surface area contributed by atoms with Crippen LogP contribution in [0.2, 0.25) is 0 Å². The molecule has 0 spiro atoms. The molecule has 0 aliphatic carbocycles. The minimum absolute atomic E-state index is 0.191. The molecule has 1 fully saturated rings. The second-order valence-corrected chi connectivity index (χ2v) is 3.77. The number of hydrogen-bond acceptors (Lipinski definition) is 4. The Balaban J connectivity index is 2.71. The number of amides is 2. The van der Waals surface area contributed by atoms with E-state index in [0.717, 1.165) is 0 Å². The summed E-state index contributed by atoms with van der Waals surface area (Å²) in [6, 6.07) is -0.535. The number of likely N-dealkylation sites (tertiary alicyclic amines) is 1. The van der Waals surface area contributed by atoms with Gasteiger partial charge in [-0.15, -0.1) is 0 Å². The minimum Gasteiger partial charge on any atom is -0.461 e. The molecule has 1 rings (SSSR count). The first-order valence-electron chi connectivity index (χ1n) is 5.11. The maximum absolute atomic E-state index is 11.5. The Kier molecular flexibility index (Phi) is 3.87. The molecule has 1 heterocycles. The maximum atomic E-state index is 11.5. The Morgan fingerprint density at radius 2 is 1.94 bits per heavy atom. The van der Waals surface area contributed by atoms with Gasteiger partial charge in [0.25, 0.3) is 0 Å². The van der Waals surface area contributed by atoms with Gasteiger partial charge in [-0.1, -0.05) is 0 Å². The first-order valence-corrected chi connectivity index (χ1v) is 5.11. The Hall–Kier alpha value is -1.59. The van der Waals surface area contributed by atoms with Crippen molar-refractivity contribution in [3.8, 4) is 0 Å². The molecule has 0 aromatic heterocycles. The van der Waals surface area contributed by atoms with Gasteiger partial charge < -0.3 is 15.0 Å². The van der Waals surface area contributed by atoms with E-state index in [9.17, 15) is 14.4 Å². The molecule has 1 saturated heterocycles. The second-order valence-electron chi connectivity index (χ2n) is 3.77. The van der Waals surface area contributed by atoms with E-state index in [4.69, 9.17) is 4.74 Å². The van der Waals surface area contributed by atoms with Crippen molar-refractivity contribution >= 4 is 17.8 Å². The summed E-state index contributed by atoms with van der Waals surface area (Å²) >= 11 is 0. The number of rotatable bonds is 2. The Labute approximate surface area is 93.9 Å². The molecule has 0 saturated carbocycles. The Bertz CT molecular complexity index is 316.